The van der Waals surface area contributed by atoms with Crippen LogP contribution < -0.4 is 10.1 Å². The SMILES string of the molecule is CC(=O)c1ccccc1OCC(=O)Nc1cc([N+](=O)[O-])ccc1C. The Kier molecular flexibility index (Phi) is 5.26. The standard InChI is InChI=1S/C17H16N2O5/c1-11-7-8-13(19(22)23)9-15(11)18-17(21)10-24-16-6-4-3-5-14(16)12(2)20/h3-9H,10H2,1-2H3,(H,18,21). The molecule has 1 N–H and O–H groups in total. The van der Waals surface area contributed by atoms with Gasteiger partial charge in [-0.25, -0.2) is 0 Å². The van der Waals surface area contributed by atoms with E-state index >= 15 is 0 Å². The number of nitro groups is 1. The van der Waals surface area contributed by atoms with E-state index < -0.39 is 10.8 Å². The Morgan fingerprint density at radius 3 is 2.58 bits per heavy atom. The van der Waals surface area contributed by atoms with Crippen LogP contribution in [0.15, 0.2) is 42.5 Å². The van der Waals surface area contributed by atoms with Gasteiger partial charge in [0.2, 0.25) is 0 Å². The number of aryl methyl sites for hydroxylation is 1. The van der Waals surface area contributed by atoms with Gasteiger partial charge in [-0.3, -0.25) is 19.7 Å². The monoisotopic (exact) mass is 328 g/mol. The summed E-state index contributed by atoms with van der Waals surface area (Å²) in [6, 6.07) is 10.8. The Bertz CT molecular complexity index is 801. The molecule has 24 heavy (non-hydrogen) atoms. The van der Waals surface area contributed by atoms with Crippen LogP contribution in [0.25, 0.3) is 0 Å². The third-order valence-electron chi connectivity index (χ3n) is 3.33. The Hall–Kier alpha value is -3.22. The average molecular weight is 328 g/mol. The van der Waals surface area contributed by atoms with E-state index in [1.165, 1.54) is 19.1 Å². The number of ketones is 1. The molecular weight excluding hydrogens is 312 g/mol. The molecule has 0 atom stereocenters. The highest BCUT2D eigenvalue weighted by Gasteiger charge is 2.13. The minimum Gasteiger partial charge on any atom is -0.483 e. The van der Waals surface area contributed by atoms with E-state index in [4.69, 9.17) is 4.74 Å². The van der Waals surface area contributed by atoms with Gasteiger partial charge in [0.25, 0.3) is 11.6 Å². The van der Waals surface area contributed by atoms with Crippen LogP contribution in [0.1, 0.15) is 22.8 Å². The van der Waals surface area contributed by atoms with Crippen LogP contribution >= 0.6 is 0 Å². The van der Waals surface area contributed by atoms with Gasteiger partial charge in [0, 0.05) is 12.1 Å². The lowest BCUT2D eigenvalue weighted by Gasteiger charge is -2.11. The first-order chi connectivity index (χ1) is 11.4. The molecule has 0 saturated carbocycles. The first-order valence-corrected chi connectivity index (χ1v) is 7.16. The van der Waals surface area contributed by atoms with Crippen LogP contribution in [-0.4, -0.2) is 23.2 Å². The third-order valence-corrected chi connectivity index (χ3v) is 3.33. The first kappa shape index (κ1) is 17.1. The third kappa shape index (κ3) is 4.16. The summed E-state index contributed by atoms with van der Waals surface area (Å²) in [5.41, 5.74) is 1.31. The zero-order valence-electron chi connectivity index (χ0n) is 13.2. The van der Waals surface area contributed by atoms with Crippen LogP contribution in [-0.2, 0) is 4.79 Å². The van der Waals surface area contributed by atoms with Crippen molar-refractivity contribution in [1.29, 1.82) is 0 Å². The summed E-state index contributed by atoms with van der Waals surface area (Å²) in [7, 11) is 0. The lowest BCUT2D eigenvalue weighted by molar-refractivity contribution is -0.384. The van der Waals surface area contributed by atoms with Gasteiger partial charge in [-0.2, -0.15) is 0 Å². The molecule has 2 rings (SSSR count). The number of non-ortho nitro benzene ring substituents is 1. The quantitative estimate of drug-likeness (QED) is 0.499. The summed E-state index contributed by atoms with van der Waals surface area (Å²) in [5.74, 6) is -0.326. The van der Waals surface area contributed by atoms with Crippen molar-refractivity contribution in [3.8, 4) is 5.75 Å². The minimum atomic E-state index is -0.533. The summed E-state index contributed by atoms with van der Waals surface area (Å²) in [5, 5.41) is 13.4. The Morgan fingerprint density at radius 2 is 1.92 bits per heavy atom. The van der Waals surface area contributed by atoms with Gasteiger partial charge in [-0.1, -0.05) is 18.2 Å². The van der Waals surface area contributed by atoms with E-state index in [0.717, 1.165) is 0 Å². The fourth-order valence-corrected chi connectivity index (χ4v) is 2.07. The highest BCUT2D eigenvalue weighted by atomic mass is 16.6. The van der Waals surface area contributed by atoms with Crippen LogP contribution in [0.5, 0.6) is 5.75 Å². The number of nitrogens with one attached hydrogen (secondary N) is 1. The molecule has 0 fully saturated rings. The van der Waals surface area contributed by atoms with Gasteiger partial charge in [0.1, 0.15) is 5.75 Å². The van der Waals surface area contributed by atoms with Gasteiger partial charge in [-0.15, -0.1) is 0 Å². The molecule has 0 saturated heterocycles. The maximum absolute atomic E-state index is 12.0. The number of nitrogens with zero attached hydrogens (tertiary/aromatic N) is 1. The highest BCUT2D eigenvalue weighted by Crippen LogP contribution is 2.22. The Morgan fingerprint density at radius 1 is 1.21 bits per heavy atom. The number of anilines is 1. The summed E-state index contributed by atoms with van der Waals surface area (Å²) in [6.45, 7) is 2.83. The number of hydrogen-bond acceptors (Lipinski definition) is 5. The van der Waals surface area contributed by atoms with Crippen molar-refractivity contribution in [1.82, 2.24) is 0 Å². The number of para-hydroxylation sites is 1. The second kappa shape index (κ2) is 7.36. The number of hydrogen-bond donors (Lipinski definition) is 1. The lowest BCUT2D eigenvalue weighted by atomic mass is 10.1. The molecule has 2 aromatic carbocycles. The second-order valence-electron chi connectivity index (χ2n) is 5.15. The Balaban J connectivity index is 2.06. The molecular formula is C17H16N2O5. The Labute approximate surface area is 138 Å². The van der Waals surface area contributed by atoms with Gasteiger partial charge >= 0.3 is 0 Å². The zero-order valence-corrected chi connectivity index (χ0v) is 13.2. The van der Waals surface area contributed by atoms with E-state index in [0.29, 0.717) is 22.6 Å². The smallest absolute Gasteiger partial charge is 0.271 e. The van der Waals surface area contributed by atoms with Crippen molar-refractivity contribution >= 4 is 23.1 Å². The van der Waals surface area contributed by atoms with Crippen molar-refractivity contribution < 1.29 is 19.2 Å². The predicted molar refractivity (Wildman–Crippen MR) is 88.4 cm³/mol. The zero-order chi connectivity index (χ0) is 17.7. The van der Waals surface area contributed by atoms with Gasteiger partial charge in [-0.05, 0) is 31.5 Å². The van der Waals surface area contributed by atoms with Gasteiger partial charge in [0.15, 0.2) is 12.4 Å². The summed E-state index contributed by atoms with van der Waals surface area (Å²) < 4.78 is 5.38. The van der Waals surface area contributed by atoms with E-state index in [2.05, 4.69) is 5.32 Å². The van der Waals surface area contributed by atoms with Crippen LogP contribution in [0.4, 0.5) is 11.4 Å². The van der Waals surface area contributed by atoms with E-state index in [1.54, 1.807) is 37.3 Å². The molecule has 0 aliphatic rings. The van der Waals surface area contributed by atoms with Crippen molar-refractivity contribution in [3.05, 3.63) is 63.7 Å². The molecule has 1 amide bonds. The summed E-state index contributed by atoms with van der Waals surface area (Å²) in [6.07, 6.45) is 0. The topological polar surface area (TPSA) is 98.5 Å². The molecule has 7 heteroatoms. The molecule has 0 aromatic heterocycles. The number of rotatable bonds is 6. The van der Waals surface area contributed by atoms with Crippen LogP contribution in [0.2, 0.25) is 0 Å². The normalized spacial score (nSPS) is 10.1. The molecule has 0 spiro atoms. The predicted octanol–water partition coefficient (Wildman–Crippen LogP) is 3.12. The van der Waals surface area contributed by atoms with Crippen LogP contribution in [0.3, 0.4) is 0 Å². The number of Topliss-reactive ketones (excluding diaryl/α,β-unsaturated/α-hetero) is 1. The fourth-order valence-electron chi connectivity index (χ4n) is 2.07. The lowest BCUT2D eigenvalue weighted by Crippen LogP contribution is -2.21. The van der Waals surface area contributed by atoms with Crippen LogP contribution in [0, 0.1) is 17.0 Å². The van der Waals surface area contributed by atoms with E-state index in [9.17, 15) is 19.7 Å². The van der Waals surface area contributed by atoms with Crippen molar-refractivity contribution in [2.75, 3.05) is 11.9 Å². The largest absolute Gasteiger partial charge is 0.483 e. The molecule has 0 unspecified atom stereocenters. The summed E-state index contributed by atoms with van der Waals surface area (Å²) >= 11 is 0. The molecule has 0 aliphatic carbocycles. The van der Waals surface area contributed by atoms with Crippen molar-refractivity contribution in [2.24, 2.45) is 0 Å². The number of carbonyl (C=O) groups excluding carboxylic acids is 2. The number of nitro benzene ring substituents is 1. The number of amides is 1. The maximum Gasteiger partial charge on any atom is 0.271 e. The molecule has 2 aromatic rings. The van der Waals surface area contributed by atoms with Gasteiger partial charge in [0.05, 0.1) is 16.2 Å². The van der Waals surface area contributed by atoms with Crippen molar-refractivity contribution in [3.63, 3.8) is 0 Å². The van der Waals surface area contributed by atoms with Crippen molar-refractivity contribution in [2.45, 2.75) is 13.8 Å². The highest BCUT2D eigenvalue weighted by molar-refractivity contribution is 5.97. The second-order valence-corrected chi connectivity index (χ2v) is 5.15. The number of ether oxygens (including phenoxy) is 1. The molecule has 0 bridgehead atoms. The minimum absolute atomic E-state index is 0.112. The first-order valence-electron chi connectivity index (χ1n) is 7.16. The average Bonchev–Trinajstić information content (AvgIpc) is 2.55. The summed E-state index contributed by atoms with van der Waals surface area (Å²) in [4.78, 5) is 33.8. The molecule has 0 aliphatic heterocycles. The molecule has 0 heterocycles. The number of benzene rings is 2. The van der Waals surface area contributed by atoms with E-state index in [-0.39, 0.29) is 18.1 Å². The molecule has 0 radical (unpaired) electrons. The molecule has 7 nitrogen and oxygen atoms in total. The van der Waals surface area contributed by atoms with E-state index in [1.807, 2.05) is 0 Å². The number of carbonyl (C=O) groups is 2. The van der Waals surface area contributed by atoms with Gasteiger partial charge < -0.3 is 10.1 Å². The fraction of sp³-hybridized carbons (Fsp3) is 0.176. The molecule has 124 valence electrons. The maximum atomic E-state index is 12.0.